The van der Waals surface area contributed by atoms with E-state index >= 15 is 0 Å². The van der Waals surface area contributed by atoms with Crippen molar-refractivity contribution in [3.8, 4) is 0 Å². The molecule has 170 valence electrons. The Bertz CT molecular complexity index is 635. The van der Waals surface area contributed by atoms with E-state index in [9.17, 15) is 23.1 Å². The first kappa shape index (κ1) is 26.2. The Morgan fingerprint density at radius 1 is 1.20 bits per heavy atom. The molecule has 0 aromatic heterocycles. The van der Waals surface area contributed by atoms with E-state index in [-0.39, 0.29) is 0 Å². The van der Waals surface area contributed by atoms with Gasteiger partial charge in [-0.3, -0.25) is 4.79 Å². The van der Waals surface area contributed by atoms with Gasteiger partial charge < -0.3 is 10.2 Å². The Morgan fingerprint density at radius 2 is 1.90 bits per heavy atom. The predicted molar refractivity (Wildman–Crippen MR) is 114 cm³/mol. The van der Waals surface area contributed by atoms with Gasteiger partial charge in [0.25, 0.3) is 0 Å². The zero-order valence-corrected chi connectivity index (χ0v) is 17.8. The summed E-state index contributed by atoms with van der Waals surface area (Å²) in [7, 11) is 0. The van der Waals surface area contributed by atoms with Crippen molar-refractivity contribution in [2.45, 2.75) is 89.8 Å². The van der Waals surface area contributed by atoms with Crippen molar-refractivity contribution in [1.29, 1.82) is 0 Å². The van der Waals surface area contributed by atoms with Crippen LogP contribution in [0.1, 0.15) is 88.7 Å². The summed E-state index contributed by atoms with van der Waals surface area (Å²) in [6, 6.07) is 5.14. The molecule has 2 N–H and O–H groups in total. The highest BCUT2D eigenvalue weighted by atomic mass is 19.4. The molecule has 1 saturated carbocycles. The van der Waals surface area contributed by atoms with E-state index in [1.165, 1.54) is 38.2 Å². The van der Waals surface area contributed by atoms with Crippen LogP contribution in [0.3, 0.4) is 0 Å². The Kier molecular flexibility index (Phi) is 12.4. The van der Waals surface area contributed by atoms with Gasteiger partial charge in [-0.1, -0.05) is 76.2 Å². The Morgan fingerprint density at radius 3 is 2.50 bits per heavy atom. The molecule has 0 spiro atoms. The number of aliphatic hydroxyl groups is 1. The van der Waals surface area contributed by atoms with E-state index in [0.717, 1.165) is 37.8 Å². The Hall–Kier alpha value is -1.82. The van der Waals surface area contributed by atoms with E-state index in [4.69, 9.17) is 5.11 Å². The van der Waals surface area contributed by atoms with E-state index in [2.05, 4.69) is 6.92 Å². The molecule has 1 aliphatic rings. The molecule has 1 fully saturated rings. The van der Waals surface area contributed by atoms with Crippen molar-refractivity contribution in [2.24, 2.45) is 5.92 Å². The summed E-state index contributed by atoms with van der Waals surface area (Å²) >= 11 is 0. The topological polar surface area (TPSA) is 57.5 Å². The molecule has 1 unspecified atom stereocenters. The smallest absolute Gasteiger partial charge is 0.416 e. The van der Waals surface area contributed by atoms with Crippen LogP contribution in [0.15, 0.2) is 30.3 Å². The number of benzene rings is 1. The molecule has 0 bridgehead atoms. The van der Waals surface area contributed by atoms with Crippen LogP contribution in [0.2, 0.25) is 0 Å². The Balaban J connectivity index is 0.000000424. The highest BCUT2D eigenvalue weighted by molar-refractivity contribution is 5.66. The number of rotatable bonds is 10. The molecule has 0 saturated heterocycles. The first-order valence-corrected chi connectivity index (χ1v) is 11.0. The first-order valence-electron chi connectivity index (χ1n) is 11.0. The van der Waals surface area contributed by atoms with Crippen LogP contribution in [-0.4, -0.2) is 22.3 Å². The van der Waals surface area contributed by atoms with Gasteiger partial charge in [-0.2, -0.15) is 13.2 Å². The largest absolute Gasteiger partial charge is 0.481 e. The maximum absolute atomic E-state index is 12.6. The molecule has 6 heteroatoms. The highest BCUT2D eigenvalue weighted by Crippen LogP contribution is 2.30. The number of hydrogen-bond donors (Lipinski definition) is 2. The lowest BCUT2D eigenvalue weighted by Gasteiger charge is -2.11. The summed E-state index contributed by atoms with van der Waals surface area (Å²) in [4.78, 5) is 9.96. The van der Waals surface area contributed by atoms with Gasteiger partial charge in [-0.25, -0.2) is 0 Å². The summed E-state index contributed by atoms with van der Waals surface area (Å²) in [5.41, 5.74) is -0.199. The standard InChI is InChI=1S/C17H21F3O.C7H14O2/c18-17(19,20)15-7-3-6-14(12-15)9-11-16(21)10-8-13-4-1-2-5-13;1-2-3-4-5-6-7(8)9/h3,6-7,9,11-13,16,21H,1-2,4-5,8,10H2;2-6H2,1H3,(H,8,9)/b11-9+;. The van der Waals surface area contributed by atoms with Crippen molar-refractivity contribution >= 4 is 12.0 Å². The lowest BCUT2D eigenvalue weighted by atomic mass is 9.99. The minimum atomic E-state index is -4.33. The molecule has 1 aliphatic carbocycles. The van der Waals surface area contributed by atoms with Crippen LogP contribution in [0.25, 0.3) is 6.08 Å². The third kappa shape index (κ3) is 12.0. The number of carboxylic acid groups (broad SMARTS) is 1. The van der Waals surface area contributed by atoms with Gasteiger partial charge in [-0.15, -0.1) is 0 Å². The van der Waals surface area contributed by atoms with Gasteiger partial charge in [0.2, 0.25) is 0 Å². The number of alkyl halides is 3. The van der Waals surface area contributed by atoms with Crippen molar-refractivity contribution in [3.05, 3.63) is 41.5 Å². The molecule has 1 aromatic carbocycles. The van der Waals surface area contributed by atoms with E-state index in [0.29, 0.717) is 24.3 Å². The molecular weight excluding hydrogens is 393 g/mol. The number of aliphatic carboxylic acids is 1. The molecule has 0 amide bonds. The average Bonchev–Trinajstić information content (AvgIpc) is 3.22. The van der Waals surface area contributed by atoms with Crippen LogP contribution in [0.4, 0.5) is 13.2 Å². The Labute approximate surface area is 178 Å². The summed E-state index contributed by atoms with van der Waals surface area (Å²) in [6.07, 6.45) is 9.51. The number of halogens is 3. The van der Waals surface area contributed by atoms with Gasteiger partial charge in [0.15, 0.2) is 0 Å². The fraction of sp³-hybridized carbons (Fsp3) is 0.625. The third-order valence-corrected chi connectivity index (χ3v) is 5.31. The maximum Gasteiger partial charge on any atom is 0.416 e. The lowest BCUT2D eigenvalue weighted by Crippen LogP contribution is -2.06. The molecule has 0 heterocycles. The van der Waals surface area contributed by atoms with Gasteiger partial charge in [0, 0.05) is 6.42 Å². The van der Waals surface area contributed by atoms with E-state index < -0.39 is 23.8 Å². The quantitative estimate of drug-likeness (QED) is 0.391. The molecule has 0 aliphatic heterocycles. The second-order valence-electron chi connectivity index (χ2n) is 7.98. The van der Waals surface area contributed by atoms with Gasteiger partial charge in [-0.05, 0) is 42.9 Å². The van der Waals surface area contributed by atoms with Crippen LogP contribution in [0, 0.1) is 5.92 Å². The van der Waals surface area contributed by atoms with Gasteiger partial charge >= 0.3 is 12.1 Å². The predicted octanol–water partition coefficient (Wildman–Crippen LogP) is 7.09. The molecule has 1 atom stereocenters. The summed E-state index contributed by atoms with van der Waals surface area (Å²) in [5, 5.41) is 18.1. The number of unbranched alkanes of at least 4 members (excludes halogenated alkanes) is 3. The summed E-state index contributed by atoms with van der Waals surface area (Å²) in [6.45, 7) is 2.11. The van der Waals surface area contributed by atoms with Crippen molar-refractivity contribution < 1.29 is 28.2 Å². The molecular formula is C24H35F3O3. The summed E-state index contributed by atoms with van der Waals surface area (Å²) < 4.78 is 37.8. The minimum Gasteiger partial charge on any atom is -0.481 e. The molecule has 0 radical (unpaired) electrons. The van der Waals surface area contributed by atoms with Gasteiger partial charge in [0.1, 0.15) is 0 Å². The van der Waals surface area contributed by atoms with Crippen molar-refractivity contribution in [1.82, 2.24) is 0 Å². The molecule has 3 nitrogen and oxygen atoms in total. The SMILES string of the molecule is CCCCCCC(=O)O.OC(/C=C/c1cccc(C(F)(F)F)c1)CCC1CCCC1. The fourth-order valence-corrected chi connectivity index (χ4v) is 3.55. The number of hydrogen-bond acceptors (Lipinski definition) is 2. The van der Waals surface area contributed by atoms with E-state index in [1.807, 2.05) is 0 Å². The second-order valence-corrected chi connectivity index (χ2v) is 7.98. The van der Waals surface area contributed by atoms with Crippen molar-refractivity contribution in [2.75, 3.05) is 0 Å². The zero-order valence-electron chi connectivity index (χ0n) is 17.8. The molecule has 2 rings (SSSR count). The van der Waals surface area contributed by atoms with Crippen molar-refractivity contribution in [3.63, 3.8) is 0 Å². The maximum atomic E-state index is 12.6. The minimum absolute atomic E-state index is 0.333. The van der Waals surface area contributed by atoms with Crippen LogP contribution in [0.5, 0.6) is 0 Å². The third-order valence-electron chi connectivity index (χ3n) is 5.31. The van der Waals surface area contributed by atoms with E-state index in [1.54, 1.807) is 18.2 Å². The van der Waals surface area contributed by atoms with Crippen LogP contribution >= 0.6 is 0 Å². The van der Waals surface area contributed by atoms with Crippen LogP contribution in [-0.2, 0) is 11.0 Å². The normalized spacial score (nSPS) is 15.8. The summed E-state index contributed by atoms with van der Waals surface area (Å²) in [5.74, 6) is 0.0349. The van der Waals surface area contributed by atoms with Crippen LogP contribution < -0.4 is 0 Å². The average molecular weight is 429 g/mol. The van der Waals surface area contributed by atoms with Gasteiger partial charge in [0.05, 0.1) is 11.7 Å². The molecule has 30 heavy (non-hydrogen) atoms. The zero-order chi connectivity index (χ0) is 22.4. The highest BCUT2D eigenvalue weighted by Gasteiger charge is 2.30. The first-order chi connectivity index (χ1) is 14.2. The lowest BCUT2D eigenvalue weighted by molar-refractivity contribution is -0.138. The fourth-order valence-electron chi connectivity index (χ4n) is 3.55. The monoisotopic (exact) mass is 428 g/mol. The number of carboxylic acids is 1. The second kappa shape index (κ2) is 14.2. The molecule has 1 aromatic rings. The number of carbonyl (C=O) groups is 1. The number of aliphatic hydroxyl groups excluding tert-OH is 1.